The Balaban J connectivity index is 1.71. The van der Waals surface area contributed by atoms with Crippen molar-refractivity contribution in [3.63, 3.8) is 0 Å². The highest BCUT2D eigenvalue weighted by Gasteiger charge is 2.26. The van der Waals surface area contributed by atoms with Gasteiger partial charge in [-0.25, -0.2) is 0 Å². The number of carbonyl (C=O) groups is 2. The maximum Gasteiger partial charge on any atom is 0.251 e. The van der Waals surface area contributed by atoms with Gasteiger partial charge in [0.2, 0.25) is 5.91 Å². The molecule has 1 unspecified atom stereocenters. The van der Waals surface area contributed by atoms with Gasteiger partial charge in [0.05, 0.1) is 6.54 Å². The molecule has 0 bridgehead atoms. The lowest BCUT2D eigenvalue weighted by Gasteiger charge is -2.21. The molecular weight excluding hydrogens is 256 g/mol. The average Bonchev–Trinajstić information content (AvgIpc) is 2.89. The van der Waals surface area contributed by atoms with E-state index >= 15 is 0 Å². The Kier molecular flexibility index (Phi) is 5.59. The van der Waals surface area contributed by atoms with E-state index in [4.69, 9.17) is 0 Å². The number of amides is 2. The molecule has 0 spiro atoms. The summed E-state index contributed by atoms with van der Waals surface area (Å²) in [6.07, 6.45) is 7.93. The Morgan fingerprint density at radius 1 is 1.40 bits per heavy atom. The van der Waals surface area contributed by atoms with Crippen LogP contribution in [0.3, 0.4) is 0 Å². The minimum Gasteiger partial charge on any atom is -0.383 e. The number of aliphatic hydroxyl groups is 1. The van der Waals surface area contributed by atoms with Crippen LogP contribution in [0.4, 0.5) is 0 Å². The molecule has 0 saturated carbocycles. The van der Waals surface area contributed by atoms with Crippen molar-refractivity contribution in [2.45, 2.75) is 51.0 Å². The van der Waals surface area contributed by atoms with Gasteiger partial charge in [-0.15, -0.1) is 0 Å². The van der Waals surface area contributed by atoms with E-state index in [1.54, 1.807) is 0 Å². The molecular formula is C15H24N2O3. The van der Waals surface area contributed by atoms with Crippen molar-refractivity contribution in [2.24, 2.45) is 0 Å². The summed E-state index contributed by atoms with van der Waals surface area (Å²) >= 11 is 0. The fourth-order valence-electron chi connectivity index (χ4n) is 2.80. The molecule has 0 aromatic carbocycles. The zero-order valence-corrected chi connectivity index (χ0v) is 11.9. The van der Waals surface area contributed by atoms with Crippen molar-refractivity contribution >= 4 is 11.8 Å². The van der Waals surface area contributed by atoms with Crippen LogP contribution < -0.4 is 5.32 Å². The van der Waals surface area contributed by atoms with E-state index in [2.05, 4.69) is 11.4 Å². The molecule has 5 heteroatoms. The van der Waals surface area contributed by atoms with Gasteiger partial charge in [-0.1, -0.05) is 11.6 Å². The molecule has 2 rings (SSSR count). The number of rotatable bonds is 5. The topological polar surface area (TPSA) is 69.6 Å². The third kappa shape index (κ3) is 4.34. The third-order valence-electron chi connectivity index (χ3n) is 3.99. The molecule has 0 aromatic rings. The van der Waals surface area contributed by atoms with Crippen molar-refractivity contribution < 1.29 is 14.7 Å². The van der Waals surface area contributed by atoms with Gasteiger partial charge < -0.3 is 15.3 Å². The zero-order valence-electron chi connectivity index (χ0n) is 11.9. The molecule has 1 aliphatic heterocycles. The van der Waals surface area contributed by atoms with Crippen LogP contribution in [0.25, 0.3) is 0 Å². The number of aliphatic hydroxyl groups excluding tert-OH is 1. The number of likely N-dealkylation sites (tertiary alicyclic amines) is 1. The fraction of sp³-hybridized carbons (Fsp3) is 0.733. The van der Waals surface area contributed by atoms with Crippen LogP contribution in [-0.4, -0.2) is 47.6 Å². The molecule has 1 atom stereocenters. The van der Waals surface area contributed by atoms with Gasteiger partial charge >= 0.3 is 0 Å². The third-order valence-corrected chi connectivity index (χ3v) is 3.99. The van der Waals surface area contributed by atoms with Crippen molar-refractivity contribution in [1.82, 2.24) is 10.2 Å². The summed E-state index contributed by atoms with van der Waals surface area (Å²) < 4.78 is 0. The highest BCUT2D eigenvalue weighted by atomic mass is 16.3. The maximum atomic E-state index is 11.9. The van der Waals surface area contributed by atoms with Gasteiger partial charge in [0, 0.05) is 13.1 Å². The number of hydrogen-bond donors (Lipinski definition) is 2. The number of carbonyl (C=O) groups excluding carboxylic acids is 2. The van der Waals surface area contributed by atoms with Gasteiger partial charge in [-0.2, -0.15) is 0 Å². The van der Waals surface area contributed by atoms with Crippen LogP contribution in [0.1, 0.15) is 44.9 Å². The highest BCUT2D eigenvalue weighted by Crippen LogP contribution is 2.19. The molecule has 2 N–H and O–H groups in total. The van der Waals surface area contributed by atoms with Crippen LogP contribution in [0.5, 0.6) is 0 Å². The van der Waals surface area contributed by atoms with Crippen molar-refractivity contribution in [2.75, 3.05) is 19.6 Å². The van der Waals surface area contributed by atoms with E-state index in [1.807, 2.05) is 0 Å². The van der Waals surface area contributed by atoms with E-state index in [9.17, 15) is 14.7 Å². The van der Waals surface area contributed by atoms with Gasteiger partial charge in [0.15, 0.2) is 0 Å². The number of nitrogens with one attached hydrogen (secondary N) is 1. The van der Waals surface area contributed by atoms with Crippen LogP contribution in [0.15, 0.2) is 11.6 Å². The average molecular weight is 280 g/mol. The Morgan fingerprint density at radius 3 is 3.00 bits per heavy atom. The quantitative estimate of drug-likeness (QED) is 0.737. The second-order valence-corrected chi connectivity index (χ2v) is 5.63. The first-order valence-electron chi connectivity index (χ1n) is 7.58. The Bertz CT molecular complexity index is 393. The lowest BCUT2D eigenvalue weighted by Crippen LogP contribution is -2.44. The summed E-state index contributed by atoms with van der Waals surface area (Å²) in [5.74, 6) is -0.442. The van der Waals surface area contributed by atoms with Crippen LogP contribution in [0.2, 0.25) is 0 Å². The van der Waals surface area contributed by atoms with Gasteiger partial charge in [0.25, 0.3) is 5.91 Å². The zero-order chi connectivity index (χ0) is 14.4. The SMILES string of the molecule is O=C(CN1CCCCC(O)C1=O)NCCC1=CCCC1. The van der Waals surface area contributed by atoms with Crippen LogP contribution in [-0.2, 0) is 9.59 Å². The summed E-state index contributed by atoms with van der Waals surface area (Å²) in [4.78, 5) is 25.2. The molecule has 0 aromatic heterocycles. The first-order valence-corrected chi connectivity index (χ1v) is 7.58. The molecule has 1 heterocycles. The van der Waals surface area contributed by atoms with Crippen molar-refractivity contribution in [3.8, 4) is 0 Å². The minimum atomic E-state index is -0.936. The predicted octanol–water partition coefficient (Wildman–Crippen LogP) is 0.976. The Labute approximate surface area is 120 Å². The molecule has 1 aliphatic carbocycles. The normalized spacial score (nSPS) is 23.4. The van der Waals surface area contributed by atoms with Crippen LogP contribution >= 0.6 is 0 Å². The molecule has 1 saturated heterocycles. The summed E-state index contributed by atoms with van der Waals surface area (Å²) in [6.45, 7) is 1.26. The van der Waals surface area contributed by atoms with E-state index in [-0.39, 0.29) is 18.4 Å². The Hall–Kier alpha value is -1.36. The summed E-state index contributed by atoms with van der Waals surface area (Å²) in [6, 6.07) is 0. The first kappa shape index (κ1) is 15.0. The molecule has 112 valence electrons. The number of allylic oxidation sites excluding steroid dienone is 1. The lowest BCUT2D eigenvalue weighted by molar-refractivity contribution is -0.142. The van der Waals surface area contributed by atoms with E-state index < -0.39 is 6.10 Å². The fourth-order valence-corrected chi connectivity index (χ4v) is 2.80. The summed E-state index contributed by atoms with van der Waals surface area (Å²) in [5, 5.41) is 12.5. The maximum absolute atomic E-state index is 11.9. The molecule has 0 radical (unpaired) electrons. The standard InChI is InChI=1S/C15H24N2O3/c18-13-7-3-4-10-17(15(13)20)11-14(19)16-9-8-12-5-1-2-6-12/h5,13,18H,1-4,6-11H2,(H,16,19). The summed E-state index contributed by atoms with van der Waals surface area (Å²) in [7, 11) is 0. The molecule has 2 aliphatic rings. The molecule has 1 fully saturated rings. The summed E-state index contributed by atoms with van der Waals surface area (Å²) in [5.41, 5.74) is 1.42. The van der Waals surface area contributed by atoms with Crippen LogP contribution in [0, 0.1) is 0 Å². The number of hydrogen-bond acceptors (Lipinski definition) is 3. The predicted molar refractivity (Wildman–Crippen MR) is 76.0 cm³/mol. The molecule has 5 nitrogen and oxygen atoms in total. The second-order valence-electron chi connectivity index (χ2n) is 5.63. The Morgan fingerprint density at radius 2 is 2.25 bits per heavy atom. The van der Waals surface area contributed by atoms with E-state index in [0.717, 1.165) is 32.1 Å². The van der Waals surface area contributed by atoms with Gasteiger partial charge in [0.1, 0.15) is 6.10 Å². The largest absolute Gasteiger partial charge is 0.383 e. The lowest BCUT2D eigenvalue weighted by atomic mass is 10.2. The smallest absolute Gasteiger partial charge is 0.251 e. The van der Waals surface area contributed by atoms with Crippen molar-refractivity contribution in [3.05, 3.63) is 11.6 Å². The monoisotopic (exact) mass is 280 g/mol. The van der Waals surface area contributed by atoms with E-state index in [1.165, 1.54) is 16.9 Å². The van der Waals surface area contributed by atoms with Gasteiger partial charge in [-0.3, -0.25) is 9.59 Å². The van der Waals surface area contributed by atoms with Crippen molar-refractivity contribution in [1.29, 1.82) is 0 Å². The van der Waals surface area contributed by atoms with E-state index in [0.29, 0.717) is 19.5 Å². The second kappa shape index (κ2) is 7.43. The molecule has 20 heavy (non-hydrogen) atoms. The highest BCUT2D eigenvalue weighted by molar-refractivity contribution is 5.87. The first-order chi connectivity index (χ1) is 9.66. The number of nitrogens with zero attached hydrogens (tertiary/aromatic N) is 1. The minimum absolute atomic E-state index is 0.0644. The molecule has 2 amide bonds. The van der Waals surface area contributed by atoms with Gasteiger partial charge in [-0.05, 0) is 44.9 Å².